The molecule has 0 saturated heterocycles. The lowest BCUT2D eigenvalue weighted by molar-refractivity contribution is 0.592. The van der Waals surface area contributed by atoms with Crippen LogP contribution in [0.4, 0.5) is 0 Å². The van der Waals surface area contributed by atoms with Gasteiger partial charge in [0.05, 0.1) is 11.2 Å². The normalized spacial score (nSPS) is 11.9. The van der Waals surface area contributed by atoms with Crippen LogP contribution in [0.15, 0.2) is 133 Å². The van der Waals surface area contributed by atoms with Crippen molar-refractivity contribution in [2.24, 2.45) is 0 Å². The Bertz CT molecular complexity index is 1920. The molecule has 0 saturated carbocycles. The van der Waals surface area contributed by atoms with E-state index in [4.69, 9.17) is 4.98 Å². The Morgan fingerprint density at radius 2 is 1.16 bits per heavy atom. The molecule has 0 bridgehead atoms. The first-order chi connectivity index (χ1) is 18.2. The summed E-state index contributed by atoms with van der Waals surface area (Å²) in [5.74, 6) is 0. The average molecular weight is 512 g/mol. The molecule has 0 N–H and O–H groups in total. The summed E-state index contributed by atoms with van der Waals surface area (Å²) < 4.78 is 17.5. The lowest BCUT2D eigenvalue weighted by Gasteiger charge is -2.20. The van der Waals surface area contributed by atoms with E-state index in [0.29, 0.717) is 0 Å². The van der Waals surface area contributed by atoms with Crippen molar-refractivity contribution in [2.75, 3.05) is 0 Å². The Morgan fingerprint density at radius 3 is 1.89 bits per heavy atom. The molecule has 0 radical (unpaired) electrons. The minimum atomic E-state index is -3.09. The third-order valence-electron chi connectivity index (χ3n) is 6.94. The predicted molar refractivity (Wildman–Crippen MR) is 159 cm³/mol. The molecule has 7 aromatic rings. The van der Waals surface area contributed by atoms with Crippen LogP contribution in [0.5, 0.6) is 0 Å². The predicted octanol–water partition coefficient (Wildman–Crippen LogP) is 7.91. The molecule has 4 heteroatoms. The molecule has 0 fully saturated rings. The van der Waals surface area contributed by atoms with Crippen molar-refractivity contribution < 1.29 is 4.57 Å². The van der Waals surface area contributed by atoms with Crippen molar-refractivity contribution in [1.29, 1.82) is 0 Å². The van der Waals surface area contributed by atoms with E-state index in [9.17, 15) is 0 Å². The summed E-state index contributed by atoms with van der Waals surface area (Å²) in [5.41, 5.74) is 2.88. The summed E-state index contributed by atoms with van der Waals surface area (Å²) in [7, 11) is -3.09. The number of para-hydroxylation sites is 1. The topological polar surface area (TPSA) is 30.0 Å². The molecule has 2 aromatic heterocycles. The van der Waals surface area contributed by atoms with Gasteiger partial charge < -0.3 is 4.57 Å². The van der Waals surface area contributed by atoms with Gasteiger partial charge in [0.1, 0.15) is 0 Å². The van der Waals surface area contributed by atoms with Gasteiger partial charge in [-0.05, 0) is 18.2 Å². The van der Waals surface area contributed by atoms with Gasteiger partial charge >= 0.3 is 0 Å². The summed E-state index contributed by atoms with van der Waals surface area (Å²) in [6, 6.07) is 44.7. The Morgan fingerprint density at radius 1 is 0.568 bits per heavy atom. The van der Waals surface area contributed by atoms with Crippen molar-refractivity contribution in [3.8, 4) is 11.3 Å². The van der Waals surface area contributed by atoms with Gasteiger partial charge in [-0.1, -0.05) is 115 Å². The first kappa shape index (κ1) is 22.2. The molecule has 2 heterocycles. The molecular weight excluding hydrogens is 489 g/mol. The molecule has 37 heavy (non-hydrogen) atoms. The number of pyridine rings is 1. The first-order valence-corrected chi connectivity index (χ1v) is 14.8. The van der Waals surface area contributed by atoms with E-state index >= 15 is 4.57 Å². The molecule has 0 amide bonds. The summed E-state index contributed by atoms with van der Waals surface area (Å²) in [6.45, 7) is 0. The molecule has 0 atom stereocenters. The van der Waals surface area contributed by atoms with Crippen LogP contribution in [-0.2, 0) is 4.57 Å². The molecule has 5 aromatic carbocycles. The van der Waals surface area contributed by atoms with Gasteiger partial charge in [-0.3, -0.25) is 0 Å². The first-order valence-electron chi connectivity index (χ1n) is 12.3. The fourth-order valence-corrected chi connectivity index (χ4v) is 9.12. The van der Waals surface area contributed by atoms with Crippen LogP contribution >= 0.6 is 18.5 Å². The Kier molecular flexibility index (Phi) is 5.28. The second-order valence-corrected chi connectivity index (χ2v) is 12.9. The van der Waals surface area contributed by atoms with Crippen molar-refractivity contribution in [2.45, 2.75) is 0 Å². The van der Waals surface area contributed by atoms with Gasteiger partial charge in [0.2, 0.25) is 0 Å². The van der Waals surface area contributed by atoms with Crippen LogP contribution in [0, 0.1) is 0 Å². The van der Waals surface area contributed by atoms with E-state index in [1.807, 2.05) is 90.2 Å². The highest BCUT2D eigenvalue weighted by Gasteiger charge is 2.30. The second-order valence-electron chi connectivity index (χ2n) is 9.11. The van der Waals surface area contributed by atoms with Crippen LogP contribution in [-0.4, -0.2) is 4.98 Å². The fraction of sp³-hybridized carbons (Fsp3) is 0. The fourth-order valence-electron chi connectivity index (χ4n) is 5.19. The minimum Gasteiger partial charge on any atom is -0.309 e. The van der Waals surface area contributed by atoms with Crippen LogP contribution in [0.1, 0.15) is 0 Å². The summed E-state index contributed by atoms with van der Waals surface area (Å²) >= 11 is 1.81. The van der Waals surface area contributed by atoms with Crippen LogP contribution < -0.4 is 15.9 Å². The number of aromatic nitrogens is 1. The van der Waals surface area contributed by atoms with Gasteiger partial charge in [-0.15, -0.1) is 11.3 Å². The molecule has 0 aliphatic carbocycles. The highest BCUT2D eigenvalue weighted by Crippen LogP contribution is 2.45. The van der Waals surface area contributed by atoms with Gasteiger partial charge in [-0.2, -0.15) is 0 Å². The highest BCUT2D eigenvalue weighted by molar-refractivity contribution is 7.85. The third kappa shape index (κ3) is 3.54. The van der Waals surface area contributed by atoms with Crippen LogP contribution in [0.3, 0.4) is 0 Å². The molecule has 176 valence electrons. The highest BCUT2D eigenvalue weighted by atomic mass is 32.1. The molecular formula is C33H22NOPS. The maximum atomic E-state index is 15.0. The molecule has 7 rings (SSSR count). The van der Waals surface area contributed by atoms with Crippen molar-refractivity contribution in [3.05, 3.63) is 133 Å². The zero-order valence-electron chi connectivity index (χ0n) is 19.9. The number of nitrogens with zero attached hydrogens (tertiary/aromatic N) is 1. The zero-order chi connectivity index (χ0) is 24.8. The number of hydrogen-bond donors (Lipinski definition) is 0. The van der Waals surface area contributed by atoms with E-state index in [1.165, 1.54) is 14.8 Å². The number of rotatable bonds is 4. The monoisotopic (exact) mass is 511 g/mol. The van der Waals surface area contributed by atoms with Crippen molar-refractivity contribution >= 4 is 65.5 Å². The summed E-state index contributed by atoms with van der Waals surface area (Å²) in [6.07, 6.45) is 0. The largest absolute Gasteiger partial charge is 0.309 e. The summed E-state index contributed by atoms with van der Waals surface area (Å²) in [5, 5.41) is 6.00. The maximum Gasteiger partial charge on any atom is 0.171 e. The van der Waals surface area contributed by atoms with Crippen molar-refractivity contribution in [3.63, 3.8) is 0 Å². The van der Waals surface area contributed by atoms with E-state index < -0.39 is 7.14 Å². The SMILES string of the molecule is O=P(c1ccccc1)(c1ccccc1)c1cccc(-c2nc3ccccc3c3sc4ccccc4c23)c1. The molecule has 0 unspecified atom stereocenters. The molecule has 0 aliphatic rings. The standard InChI is InChI=1S/C33H22NOPS/c35-36(24-13-3-1-4-14-24,25-15-5-2-6-16-25)26-17-11-12-23(22-26)32-31-28-19-8-10-21-30(28)37-33(31)27-18-7-9-20-29(27)34-32/h1-22H. The molecule has 0 aliphatic heterocycles. The van der Waals surface area contributed by atoms with Crippen LogP contribution in [0.25, 0.3) is 42.3 Å². The van der Waals surface area contributed by atoms with Gasteiger partial charge in [0.15, 0.2) is 7.14 Å². The Labute approximate surface area is 219 Å². The Hall–Kier alpha value is -4.04. The Balaban J connectivity index is 1.53. The average Bonchev–Trinajstić information content (AvgIpc) is 3.37. The molecule has 0 spiro atoms. The number of fused-ring (bicyclic) bond motifs is 5. The van der Waals surface area contributed by atoms with Crippen molar-refractivity contribution in [1.82, 2.24) is 4.98 Å². The zero-order valence-corrected chi connectivity index (χ0v) is 21.6. The lowest BCUT2D eigenvalue weighted by Crippen LogP contribution is -2.25. The van der Waals surface area contributed by atoms with E-state index in [-0.39, 0.29) is 0 Å². The maximum absolute atomic E-state index is 15.0. The van der Waals surface area contributed by atoms with E-state index in [2.05, 4.69) is 54.6 Å². The third-order valence-corrected chi connectivity index (χ3v) is 11.2. The number of hydrogen-bond acceptors (Lipinski definition) is 3. The second kappa shape index (κ2) is 8.81. The van der Waals surface area contributed by atoms with E-state index in [0.717, 1.165) is 43.5 Å². The summed E-state index contributed by atoms with van der Waals surface area (Å²) in [4.78, 5) is 5.18. The van der Waals surface area contributed by atoms with Crippen LogP contribution in [0.2, 0.25) is 0 Å². The molecule has 2 nitrogen and oxygen atoms in total. The van der Waals surface area contributed by atoms with Gasteiger partial charge in [-0.25, -0.2) is 4.98 Å². The van der Waals surface area contributed by atoms with Gasteiger partial charge in [0.25, 0.3) is 0 Å². The number of thiophene rings is 1. The minimum absolute atomic E-state index is 0.810. The van der Waals surface area contributed by atoms with E-state index in [1.54, 1.807) is 0 Å². The lowest BCUT2D eigenvalue weighted by atomic mass is 10.0. The smallest absolute Gasteiger partial charge is 0.171 e. The van der Waals surface area contributed by atoms with Gasteiger partial charge in [0, 0.05) is 47.0 Å². The quantitative estimate of drug-likeness (QED) is 0.225. The number of benzene rings is 5.